The van der Waals surface area contributed by atoms with Crippen molar-refractivity contribution < 1.29 is 4.74 Å². The predicted octanol–water partition coefficient (Wildman–Crippen LogP) is 2.45. The minimum Gasteiger partial charge on any atom is -0.492 e. The minimum atomic E-state index is 0.751. The van der Waals surface area contributed by atoms with Crippen LogP contribution in [0.2, 0.25) is 0 Å². The van der Waals surface area contributed by atoms with Gasteiger partial charge >= 0.3 is 0 Å². The number of anilines is 1. The van der Waals surface area contributed by atoms with Gasteiger partial charge in [-0.1, -0.05) is 12.8 Å². The Hall–Kier alpha value is -1.29. The predicted molar refractivity (Wildman–Crippen MR) is 81.4 cm³/mol. The zero-order chi connectivity index (χ0) is 13.6. The summed E-state index contributed by atoms with van der Waals surface area (Å²) in [5.41, 5.74) is 1.19. The van der Waals surface area contributed by atoms with Crippen molar-refractivity contribution in [2.24, 2.45) is 5.92 Å². The van der Waals surface area contributed by atoms with E-state index in [4.69, 9.17) is 4.74 Å². The highest BCUT2D eigenvalue weighted by Gasteiger charge is 2.16. The van der Waals surface area contributed by atoms with E-state index in [0.717, 1.165) is 44.5 Å². The van der Waals surface area contributed by atoms with E-state index < -0.39 is 0 Å². The van der Waals surface area contributed by atoms with Crippen LogP contribution >= 0.6 is 0 Å². The van der Waals surface area contributed by atoms with Gasteiger partial charge in [0.25, 0.3) is 0 Å². The number of ether oxygens (including phenoxy) is 1. The molecule has 1 aliphatic carbocycles. The van der Waals surface area contributed by atoms with E-state index in [1.54, 1.807) is 0 Å². The molecule has 4 nitrogen and oxygen atoms in total. The lowest BCUT2D eigenvalue weighted by molar-refractivity contribution is 0.251. The van der Waals surface area contributed by atoms with Crippen LogP contribution in [0.15, 0.2) is 18.5 Å². The van der Waals surface area contributed by atoms with E-state index in [1.165, 1.54) is 37.8 Å². The summed E-state index contributed by atoms with van der Waals surface area (Å²) in [5, 5.41) is 3.43. The fourth-order valence-electron chi connectivity index (χ4n) is 3.15. The number of aromatic nitrogens is 1. The molecule has 3 rings (SSSR count). The maximum Gasteiger partial charge on any atom is 0.139 e. The number of hydrogen-bond donors (Lipinski definition) is 1. The molecule has 0 spiro atoms. The summed E-state index contributed by atoms with van der Waals surface area (Å²) in [6.45, 7) is 5.16. The lowest BCUT2D eigenvalue weighted by atomic mass is 10.1. The molecule has 1 saturated carbocycles. The van der Waals surface area contributed by atoms with Gasteiger partial charge in [-0.25, -0.2) is 0 Å². The number of rotatable bonds is 4. The summed E-state index contributed by atoms with van der Waals surface area (Å²) in [7, 11) is 0. The third-order valence-electron chi connectivity index (χ3n) is 4.36. The Morgan fingerprint density at radius 1 is 1.15 bits per heavy atom. The Balaban J connectivity index is 1.59. The smallest absolute Gasteiger partial charge is 0.139 e. The molecule has 1 aromatic rings. The van der Waals surface area contributed by atoms with Crippen LogP contribution in [0.4, 0.5) is 5.69 Å². The first-order chi connectivity index (χ1) is 9.92. The molecule has 0 atom stereocenters. The summed E-state index contributed by atoms with van der Waals surface area (Å²) in [6, 6.07) is 2.15. The van der Waals surface area contributed by atoms with Crippen molar-refractivity contribution in [2.75, 3.05) is 37.7 Å². The van der Waals surface area contributed by atoms with Gasteiger partial charge in [0.1, 0.15) is 5.75 Å². The van der Waals surface area contributed by atoms with Gasteiger partial charge in [0, 0.05) is 25.7 Å². The van der Waals surface area contributed by atoms with E-state index in [9.17, 15) is 0 Å². The third kappa shape index (κ3) is 3.63. The molecule has 2 fully saturated rings. The SMILES string of the molecule is c1ncc(N2CCCNCC2)cc1OCC1CCCC1. The molecule has 1 aromatic heterocycles. The van der Waals surface area contributed by atoms with Gasteiger partial charge in [-0.3, -0.25) is 4.98 Å². The molecule has 1 aliphatic heterocycles. The van der Waals surface area contributed by atoms with E-state index in [-0.39, 0.29) is 0 Å². The molecule has 0 amide bonds. The van der Waals surface area contributed by atoms with Crippen LogP contribution in [0.5, 0.6) is 5.75 Å². The maximum atomic E-state index is 5.95. The van der Waals surface area contributed by atoms with E-state index >= 15 is 0 Å². The standard InChI is InChI=1S/C16H25N3O/c1-2-5-14(4-1)13-20-16-10-15(11-18-12-16)19-8-3-6-17-7-9-19/h10-12,14,17H,1-9,13H2. The first-order valence-corrected chi connectivity index (χ1v) is 7.95. The normalized spacial score (nSPS) is 20.9. The van der Waals surface area contributed by atoms with Gasteiger partial charge < -0.3 is 15.0 Å². The van der Waals surface area contributed by atoms with Gasteiger partial charge in [0.2, 0.25) is 0 Å². The van der Waals surface area contributed by atoms with E-state index in [0.29, 0.717) is 0 Å². The molecule has 1 saturated heterocycles. The molecule has 1 N–H and O–H groups in total. The first-order valence-electron chi connectivity index (χ1n) is 7.95. The molecule has 0 radical (unpaired) electrons. The number of nitrogens with zero attached hydrogens (tertiary/aromatic N) is 2. The zero-order valence-corrected chi connectivity index (χ0v) is 12.2. The molecular weight excluding hydrogens is 250 g/mol. The van der Waals surface area contributed by atoms with Crippen molar-refractivity contribution in [3.63, 3.8) is 0 Å². The van der Waals surface area contributed by atoms with Crippen LogP contribution < -0.4 is 15.0 Å². The van der Waals surface area contributed by atoms with E-state index in [2.05, 4.69) is 21.3 Å². The number of hydrogen-bond acceptors (Lipinski definition) is 4. The zero-order valence-electron chi connectivity index (χ0n) is 12.2. The summed E-state index contributed by atoms with van der Waals surface area (Å²) in [5.74, 6) is 1.67. The average molecular weight is 275 g/mol. The molecule has 4 heteroatoms. The monoisotopic (exact) mass is 275 g/mol. The van der Waals surface area contributed by atoms with Gasteiger partial charge in [-0.15, -0.1) is 0 Å². The van der Waals surface area contributed by atoms with Crippen LogP contribution in [0.25, 0.3) is 0 Å². The molecular formula is C16H25N3O. The third-order valence-corrected chi connectivity index (χ3v) is 4.36. The molecule has 0 unspecified atom stereocenters. The molecule has 20 heavy (non-hydrogen) atoms. The van der Waals surface area contributed by atoms with E-state index in [1.807, 2.05) is 12.4 Å². The quantitative estimate of drug-likeness (QED) is 0.916. The molecule has 2 aliphatic rings. The minimum absolute atomic E-state index is 0.751. The summed E-state index contributed by atoms with van der Waals surface area (Å²) in [4.78, 5) is 6.75. The number of pyridine rings is 1. The second-order valence-electron chi connectivity index (χ2n) is 5.93. The second-order valence-corrected chi connectivity index (χ2v) is 5.93. The number of nitrogens with one attached hydrogen (secondary N) is 1. The summed E-state index contributed by atoms with van der Waals surface area (Å²) >= 11 is 0. The topological polar surface area (TPSA) is 37.4 Å². The Morgan fingerprint density at radius 3 is 2.95 bits per heavy atom. The lowest BCUT2D eigenvalue weighted by Crippen LogP contribution is -2.27. The molecule has 0 aromatic carbocycles. The highest BCUT2D eigenvalue weighted by molar-refractivity contribution is 5.48. The Labute approximate surface area is 121 Å². The van der Waals surface area contributed by atoms with Gasteiger partial charge in [0.05, 0.1) is 24.7 Å². The van der Waals surface area contributed by atoms with Crippen LogP contribution in [0.1, 0.15) is 32.1 Å². The van der Waals surface area contributed by atoms with Gasteiger partial charge in [-0.2, -0.15) is 0 Å². The van der Waals surface area contributed by atoms with Gasteiger partial charge in [0.15, 0.2) is 0 Å². The lowest BCUT2D eigenvalue weighted by Gasteiger charge is -2.22. The van der Waals surface area contributed by atoms with Crippen molar-refractivity contribution in [2.45, 2.75) is 32.1 Å². The average Bonchev–Trinajstić information content (AvgIpc) is 2.86. The Kier molecular flexibility index (Phi) is 4.74. The summed E-state index contributed by atoms with van der Waals surface area (Å²) in [6.07, 6.45) is 10.4. The van der Waals surface area contributed by atoms with Crippen LogP contribution in [0, 0.1) is 5.92 Å². The Morgan fingerprint density at radius 2 is 2.05 bits per heavy atom. The van der Waals surface area contributed by atoms with Crippen LogP contribution in [-0.2, 0) is 0 Å². The fraction of sp³-hybridized carbons (Fsp3) is 0.688. The highest BCUT2D eigenvalue weighted by Crippen LogP contribution is 2.26. The Bertz CT molecular complexity index is 410. The molecule has 2 heterocycles. The highest BCUT2D eigenvalue weighted by atomic mass is 16.5. The second kappa shape index (κ2) is 6.93. The first kappa shape index (κ1) is 13.7. The van der Waals surface area contributed by atoms with Crippen molar-refractivity contribution in [3.8, 4) is 5.75 Å². The molecule has 0 bridgehead atoms. The van der Waals surface area contributed by atoms with Crippen molar-refractivity contribution in [3.05, 3.63) is 18.5 Å². The molecule has 110 valence electrons. The largest absolute Gasteiger partial charge is 0.492 e. The van der Waals surface area contributed by atoms with Gasteiger partial charge in [-0.05, 0) is 31.7 Å². The summed E-state index contributed by atoms with van der Waals surface area (Å²) < 4.78 is 5.95. The van der Waals surface area contributed by atoms with Crippen molar-refractivity contribution >= 4 is 5.69 Å². The van der Waals surface area contributed by atoms with Crippen LogP contribution in [-0.4, -0.2) is 37.8 Å². The fourth-order valence-corrected chi connectivity index (χ4v) is 3.15. The van der Waals surface area contributed by atoms with Crippen LogP contribution in [0.3, 0.4) is 0 Å². The van der Waals surface area contributed by atoms with Crippen molar-refractivity contribution in [1.29, 1.82) is 0 Å². The van der Waals surface area contributed by atoms with Crippen molar-refractivity contribution in [1.82, 2.24) is 10.3 Å². The maximum absolute atomic E-state index is 5.95.